The van der Waals surface area contributed by atoms with E-state index in [2.05, 4.69) is 20.5 Å². The molecule has 3 aromatic rings. The lowest BCUT2D eigenvalue weighted by Crippen LogP contribution is -2.50. The number of carbonyl (C=O) groups is 1. The summed E-state index contributed by atoms with van der Waals surface area (Å²) in [4.78, 5) is 20.4. The number of amides is 1. The number of nitrogens with zero attached hydrogens (tertiary/aromatic N) is 2. The molecule has 2 atom stereocenters. The quantitative estimate of drug-likeness (QED) is 0.310. The van der Waals surface area contributed by atoms with Gasteiger partial charge in [0.15, 0.2) is 5.58 Å². The summed E-state index contributed by atoms with van der Waals surface area (Å²) in [6.45, 7) is 1.11. The molecule has 1 amide bonds. The van der Waals surface area contributed by atoms with Gasteiger partial charge in [0, 0.05) is 42.2 Å². The molecule has 8 nitrogen and oxygen atoms in total. The van der Waals surface area contributed by atoms with Crippen molar-refractivity contribution in [2.75, 3.05) is 35.3 Å². The summed E-state index contributed by atoms with van der Waals surface area (Å²) in [5.74, 6) is -0.150. The summed E-state index contributed by atoms with van der Waals surface area (Å²) in [5, 5.41) is 6.90. The number of carbonyl (C=O) groups excluding carboxylic acids is 1. The number of oxazole rings is 1. The Kier molecular flexibility index (Phi) is 8.85. The van der Waals surface area contributed by atoms with Crippen molar-refractivity contribution in [2.45, 2.75) is 63.5 Å². The van der Waals surface area contributed by atoms with Crippen molar-refractivity contribution in [3.05, 3.63) is 52.8 Å². The van der Waals surface area contributed by atoms with E-state index in [0.29, 0.717) is 48.0 Å². The second-order valence-corrected chi connectivity index (χ2v) is 13.9. The Morgan fingerprint density at radius 1 is 1.20 bits per heavy atom. The average molecular weight is 591 g/mol. The average Bonchev–Trinajstić information content (AvgIpc) is 3.49. The Bertz CT molecular complexity index is 1460. The Labute approximate surface area is 239 Å². The van der Waals surface area contributed by atoms with Crippen LogP contribution in [0.3, 0.4) is 0 Å². The van der Waals surface area contributed by atoms with Gasteiger partial charge in [-0.15, -0.1) is 0 Å². The number of benzene rings is 2. The van der Waals surface area contributed by atoms with Crippen molar-refractivity contribution in [1.82, 2.24) is 10.3 Å². The maximum absolute atomic E-state index is 13.8. The van der Waals surface area contributed by atoms with Gasteiger partial charge in [-0.2, -0.15) is 4.98 Å². The van der Waals surface area contributed by atoms with E-state index < -0.39 is 21.9 Å². The number of anilines is 2. The van der Waals surface area contributed by atoms with Crippen LogP contribution < -0.4 is 15.5 Å². The standard InChI is InChI=1S/C29H36ClFN4O4S/c1-40(37,38)14-12-23(18-35-13-11-20-16-22(31)8-10-26(20)35)32-28(36)25(15-19-5-3-2-4-6-19)34-29-33-24-9-7-21(30)17-27(24)39-29/h7-10,16-17,19,23,25H,2-6,11-15,18H2,1H3,(H,32,36)(H,33,34). The molecule has 2 aromatic carbocycles. The molecule has 1 aliphatic carbocycles. The first kappa shape index (κ1) is 28.7. The Morgan fingerprint density at radius 3 is 2.77 bits per heavy atom. The van der Waals surface area contributed by atoms with Crippen molar-refractivity contribution in [1.29, 1.82) is 0 Å². The number of rotatable bonds is 11. The highest BCUT2D eigenvalue weighted by Crippen LogP contribution is 2.31. The molecule has 5 rings (SSSR count). The molecule has 2 N–H and O–H groups in total. The van der Waals surface area contributed by atoms with Crippen LogP contribution in [0.4, 0.5) is 16.1 Å². The predicted molar refractivity (Wildman–Crippen MR) is 156 cm³/mol. The molecule has 1 fully saturated rings. The van der Waals surface area contributed by atoms with Crippen molar-refractivity contribution < 1.29 is 22.0 Å². The molecule has 0 spiro atoms. The fourth-order valence-corrected chi connectivity index (χ4v) is 6.73. The zero-order chi connectivity index (χ0) is 28.3. The molecule has 2 aliphatic rings. The summed E-state index contributed by atoms with van der Waals surface area (Å²) >= 11 is 6.10. The van der Waals surface area contributed by atoms with Gasteiger partial charge in [0.2, 0.25) is 5.91 Å². The number of halogens is 2. The van der Waals surface area contributed by atoms with Gasteiger partial charge in [-0.1, -0.05) is 43.7 Å². The van der Waals surface area contributed by atoms with Crippen LogP contribution in [-0.4, -0.2) is 56.5 Å². The van der Waals surface area contributed by atoms with Crippen molar-refractivity contribution in [2.24, 2.45) is 5.92 Å². The minimum absolute atomic E-state index is 0.0470. The molecule has 1 saturated carbocycles. The highest BCUT2D eigenvalue weighted by atomic mass is 35.5. The molecule has 0 radical (unpaired) electrons. The van der Waals surface area contributed by atoms with Crippen LogP contribution in [-0.2, 0) is 21.1 Å². The van der Waals surface area contributed by atoms with Crippen LogP contribution in [0.15, 0.2) is 40.8 Å². The van der Waals surface area contributed by atoms with Gasteiger partial charge in [0.25, 0.3) is 6.01 Å². The van der Waals surface area contributed by atoms with E-state index in [1.54, 1.807) is 24.3 Å². The lowest BCUT2D eigenvalue weighted by Gasteiger charge is -2.30. The van der Waals surface area contributed by atoms with Crippen LogP contribution in [0.5, 0.6) is 0 Å². The molecule has 2 heterocycles. The minimum Gasteiger partial charge on any atom is -0.423 e. The number of hydrogen-bond acceptors (Lipinski definition) is 7. The van der Waals surface area contributed by atoms with Crippen LogP contribution in [0.2, 0.25) is 5.02 Å². The first-order chi connectivity index (χ1) is 19.1. The van der Waals surface area contributed by atoms with Crippen molar-refractivity contribution >= 4 is 50.1 Å². The molecule has 216 valence electrons. The number of aromatic nitrogens is 1. The number of sulfone groups is 1. The van der Waals surface area contributed by atoms with Crippen LogP contribution in [0, 0.1) is 11.7 Å². The molecule has 1 aliphatic heterocycles. The molecular formula is C29H36ClFN4O4S. The number of fused-ring (bicyclic) bond motifs is 2. The second-order valence-electron chi connectivity index (χ2n) is 11.2. The normalized spacial score (nSPS) is 17.5. The van der Waals surface area contributed by atoms with E-state index in [0.717, 1.165) is 36.9 Å². The number of hydrogen-bond donors (Lipinski definition) is 2. The topological polar surface area (TPSA) is 105 Å². The lowest BCUT2D eigenvalue weighted by molar-refractivity contribution is -0.123. The second kappa shape index (κ2) is 12.3. The maximum atomic E-state index is 13.8. The summed E-state index contributed by atoms with van der Waals surface area (Å²) in [6, 6.07) is 9.13. The zero-order valence-corrected chi connectivity index (χ0v) is 24.2. The van der Waals surface area contributed by atoms with Gasteiger partial charge < -0.3 is 20.0 Å². The van der Waals surface area contributed by atoms with E-state index in [-0.39, 0.29) is 29.9 Å². The molecule has 1 aromatic heterocycles. The maximum Gasteiger partial charge on any atom is 0.296 e. The molecule has 40 heavy (non-hydrogen) atoms. The fraction of sp³-hybridized carbons (Fsp3) is 0.517. The minimum atomic E-state index is -3.24. The van der Waals surface area contributed by atoms with Gasteiger partial charge >= 0.3 is 0 Å². The predicted octanol–water partition coefficient (Wildman–Crippen LogP) is 5.35. The fourth-order valence-electron chi connectivity index (χ4n) is 5.86. The number of nitrogens with one attached hydrogen (secondary N) is 2. The molecule has 0 bridgehead atoms. The van der Waals surface area contributed by atoms with Crippen molar-refractivity contribution in [3.8, 4) is 0 Å². The first-order valence-corrected chi connectivity index (χ1v) is 16.4. The van der Waals surface area contributed by atoms with Gasteiger partial charge in [-0.3, -0.25) is 4.79 Å². The van der Waals surface area contributed by atoms with E-state index in [1.165, 1.54) is 24.8 Å². The molecule has 0 saturated heterocycles. The summed E-state index contributed by atoms with van der Waals surface area (Å²) in [6.07, 6.45) is 8.42. The first-order valence-electron chi connectivity index (χ1n) is 14.0. The Morgan fingerprint density at radius 2 is 2.00 bits per heavy atom. The van der Waals surface area contributed by atoms with E-state index in [4.69, 9.17) is 16.0 Å². The summed E-state index contributed by atoms with van der Waals surface area (Å²) in [7, 11) is -3.24. The van der Waals surface area contributed by atoms with Gasteiger partial charge in [-0.05, 0) is 61.1 Å². The Balaban J connectivity index is 1.34. The summed E-state index contributed by atoms with van der Waals surface area (Å²) < 4.78 is 43.7. The van der Waals surface area contributed by atoms with Crippen LogP contribution in [0.1, 0.15) is 50.5 Å². The smallest absolute Gasteiger partial charge is 0.296 e. The highest BCUT2D eigenvalue weighted by molar-refractivity contribution is 7.90. The third-order valence-corrected chi connectivity index (χ3v) is 9.13. The third kappa shape index (κ3) is 7.46. The molecule has 11 heteroatoms. The summed E-state index contributed by atoms with van der Waals surface area (Å²) in [5.41, 5.74) is 3.00. The third-order valence-electron chi connectivity index (χ3n) is 7.92. The monoisotopic (exact) mass is 590 g/mol. The lowest BCUT2D eigenvalue weighted by atomic mass is 9.84. The van der Waals surface area contributed by atoms with E-state index in [9.17, 15) is 17.6 Å². The molecular weight excluding hydrogens is 555 g/mol. The largest absolute Gasteiger partial charge is 0.423 e. The van der Waals surface area contributed by atoms with Gasteiger partial charge in [0.1, 0.15) is 27.2 Å². The Hall–Kier alpha value is -2.85. The van der Waals surface area contributed by atoms with Gasteiger partial charge in [-0.25, -0.2) is 12.8 Å². The van der Waals surface area contributed by atoms with Gasteiger partial charge in [0.05, 0.1) is 5.75 Å². The highest BCUT2D eigenvalue weighted by Gasteiger charge is 2.30. The molecule has 2 unspecified atom stereocenters. The van der Waals surface area contributed by atoms with E-state index in [1.807, 2.05) is 0 Å². The van der Waals surface area contributed by atoms with E-state index >= 15 is 0 Å². The van der Waals surface area contributed by atoms with Crippen molar-refractivity contribution in [3.63, 3.8) is 0 Å². The zero-order valence-electron chi connectivity index (χ0n) is 22.7. The van der Waals surface area contributed by atoms with Crippen LogP contribution >= 0.6 is 11.6 Å². The SMILES string of the molecule is CS(=O)(=O)CCC(CN1CCc2cc(F)ccc21)NC(=O)C(CC1CCCCC1)Nc1nc2ccc(Cl)cc2o1. The van der Waals surface area contributed by atoms with Crippen LogP contribution in [0.25, 0.3) is 11.1 Å².